The molecule has 110 valence electrons. The minimum atomic E-state index is -1.13. The number of aryl methyl sites for hydroxylation is 1. The van der Waals surface area contributed by atoms with Gasteiger partial charge in [0.2, 0.25) is 11.8 Å². The van der Waals surface area contributed by atoms with Crippen LogP contribution in [-0.4, -0.2) is 17.9 Å². The van der Waals surface area contributed by atoms with Crippen LogP contribution in [-0.2, 0) is 9.59 Å². The number of hydrogen-bond donors (Lipinski definition) is 2. The molecule has 20 heavy (non-hydrogen) atoms. The van der Waals surface area contributed by atoms with Crippen molar-refractivity contribution in [1.29, 1.82) is 0 Å². The molecule has 0 saturated carbocycles. The Kier molecular flexibility index (Phi) is 5.34. The fourth-order valence-corrected chi connectivity index (χ4v) is 2.14. The fourth-order valence-electron chi connectivity index (χ4n) is 1.55. The molecule has 0 spiro atoms. The maximum atomic E-state index is 12.3. The second-order valence-electron chi connectivity index (χ2n) is 5.69. The Morgan fingerprint density at radius 3 is 2.30 bits per heavy atom. The van der Waals surface area contributed by atoms with E-state index in [2.05, 4.69) is 26.6 Å². The molecule has 0 aliphatic rings. The first-order valence-electron chi connectivity index (χ1n) is 6.53. The minimum absolute atomic E-state index is 0.000635. The quantitative estimate of drug-likeness (QED) is 0.826. The van der Waals surface area contributed by atoms with Crippen molar-refractivity contribution < 1.29 is 9.59 Å². The Labute approximate surface area is 128 Å². The zero-order valence-electron chi connectivity index (χ0n) is 12.5. The first kappa shape index (κ1) is 16.7. The molecule has 0 unspecified atom stereocenters. The van der Waals surface area contributed by atoms with Crippen molar-refractivity contribution in [3.8, 4) is 0 Å². The summed E-state index contributed by atoms with van der Waals surface area (Å²) < 4.78 is 0.797. The summed E-state index contributed by atoms with van der Waals surface area (Å²) >= 11 is 3.40. The maximum absolute atomic E-state index is 12.3. The molecular weight excluding hydrogens is 320 g/mol. The van der Waals surface area contributed by atoms with E-state index in [0.29, 0.717) is 5.69 Å². The number of carbonyl (C=O) groups excluding carboxylic acids is 2. The highest BCUT2D eigenvalue weighted by Crippen LogP contribution is 2.26. The lowest BCUT2D eigenvalue weighted by atomic mass is 9.90. The lowest BCUT2D eigenvalue weighted by Gasteiger charge is -2.24. The van der Waals surface area contributed by atoms with Gasteiger partial charge in [-0.1, -0.05) is 6.07 Å². The number of benzene rings is 1. The van der Waals surface area contributed by atoms with Gasteiger partial charge in [-0.25, -0.2) is 0 Å². The van der Waals surface area contributed by atoms with E-state index in [9.17, 15) is 9.59 Å². The van der Waals surface area contributed by atoms with Crippen molar-refractivity contribution in [2.75, 3.05) is 5.32 Å². The number of hydrogen-bond acceptors (Lipinski definition) is 2. The molecule has 5 heteroatoms. The smallest absolute Gasteiger partial charge is 0.239 e. The van der Waals surface area contributed by atoms with Crippen LogP contribution in [0.4, 0.5) is 5.69 Å². The third-order valence-electron chi connectivity index (χ3n) is 2.93. The molecule has 0 fully saturated rings. The van der Waals surface area contributed by atoms with Gasteiger partial charge < -0.3 is 10.6 Å². The molecule has 1 aromatic rings. The van der Waals surface area contributed by atoms with Gasteiger partial charge in [-0.05, 0) is 68.2 Å². The summed E-state index contributed by atoms with van der Waals surface area (Å²) in [6.45, 7) is 8.92. The number of carbonyl (C=O) groups is 2. The average Bonchev–Trinajstić information content (AvgIpc) is 2.31. The van der Waals surface area contributed by atoms with Crippen LogP contribution >= 0.6 is 15.9 Å². The summed E-state index contributed by atoms with van der Waals surface area (Å²) in [5.41, 5.74) is 0.618. The first-order valence-corrected chi connectivity index (χ1v) is 7.32. The number of amides is 2. The predicted octanol–water partition coefficient (Wildman–Crippen LogP) is 3.25. The summed E-state index contributed by atoms with van der Waals surface area (Å²) in [5, 5.41) is 5.55. The van der Waals surface area contributed by atoms with Gasteiger partial charge in [0.1, 0.15) is 5.41 Å². The Morgan fingerprint density at radius 2 is 1.80 bits per heavy atom. The van der Waals surface area contributed by atoms with Crippen LogP contribution < -0.4 is 10.6 Å². The molecular formula is C15H21BrN2O2. The van der Waals surface area contributed by atoms with E-state index in [1.165, 1.54) is 0 Å². The number of nitrogens with one attached hydrogen (secondary N) is 2. The number of rotatable bonds is 4. The summed E-state index contributed by atoms with van der Waals surface area (Å²) in [5.74, 6) is -0.617. The van der Waals surface area contributed by atoms with Crippen LogP contribution in [0.1, 0.15) is 33.3 Å². The molecule has 1 rings (SSSR count). The summed E-state index contributed by atoms with van der Waals surface area (Å²) in [6, 6.07) is 5.63. The molecule has 0 bridgehead atoms. The van der Waals surface area contributed by atoms with Crippen LogP contribution in [0.3, 0.4) is 0 Å². The molecule has 2 amide bonds. The van der Waals surface area contributed by atoms with Gasteiger partial charge in [0, 0.05) is 10.5 Å². The minimum Gasteiger partial charge on any atom is -0.353 e. The Bertz CT molecular complexity index is 525. The fraction of sp³-hybridized carbons (Fsp3) is 0.467. The van der Waals surface area contributed by atoms with E-state index in [4.69, 9.17) is 0 Å². The highest BCUT2D eigenvalue weighted by Gasteiger charge is 2.36. The Hall–Kier alpha value is -1.36. The Balaban J connectivity index is 2.86. The highest BCUT2D eigenvalue weighted by atomic mass is 79.9. The largest absolute Gasteiger partial charge is 0.353 e. The van der Waals surface area contributed by atoms with Crippen LogP contribution in [0, 0.1) is 12.3 Å². The van der Waals surface area contributed by atoms with E-state index >= 15 is 0 Å². The molecule has 0 aliphatic carbocycles. The number of halogens is 1. The number of anilines is 1. The van der Waals surface area contributed by atoms with E-state index < -0.39 is 5.41 Å². The first-order chi connectivity index (χ1) is 9.14. The normalized spacial score (nSPS) is 11.3. The van der Waals surface area contributed by atoms with Crippen LogP contribution in [0.5, 0.6) is 0 Å². The third kappa shape index (κ3) is 4.07. The van der Waals surface area contributed by atoms with Gasteiger partial charge in [-0.3, -0.25) is 9.59 Å². The maximum Gasteiger partial charge on any atom is 0.239 e. The monoisotopic (exact) mass is 340 g/mol. The summed E-state index contributed by atoms with van der Waals surface area (Å²) in [6.07, 6.45) is 0. The molecule has 2 N–H and O–H groups in total. The molecule has 0 aliphatic heterocycles. The molecule has 4 nitrogen and oxygen atoms in total. The van der Waals surface area contributed by atoms with Crippen LogP contribution in [0.25, 0.3) is 0 Å². The highest BCUT2D eigenvalue weighted by molar-refractivity contribution is 9.10. The third-order valence-corrected chi connectivity index (χ3v) is 3.58. The second kappa shape index (κ2) is 6.39. The van der Waals surface area contributed by atoms with Crippen molar-refractivity contribution in [3.05, 3.63) is 28.2 Å². The molecule has 0 radical (unpaired) electrons. The second-order valence-corrected chi connectivity index (χ2v) is 6.54. The average molecular weight is 341 g/mol. The molecule has 0 atom stereocenters. The Morgan fingerprint density at radius 1 is 1.20 bits per heavy atom. The van der Waals surface area contributed by atoms with Crippen molar-refractivity contribution in [2.24, 2.45) is 5.41 Å². The molecule has 1 aromatic carbocycles. The van der Waals surface area contributed by atoms with E-state index in [1.54, 1.807) is 13.8 Å². The van der Waals surface area contributed by atoms with Crippen molar-refractivity contribution in [1.82, 2.24) is 5.32 Å². The summed E-state index contributed by atoms with van der Waals surface area (Å²) in [4.78, 5) is 24.4. The van der Waals surface area contributed by atoms with Gasteiger partial charge in [0.15, 0.2) is 0 Å². The SMILES string of the molecule is Cc1ccc(NC(=O)C(C)(C)C(=O)NC(C)C)c(Br)c1. The van der Waals surface area contributed by atoms with E-state index in [0.717, 1.165) is 10.0 Å². The van der Waals surface area contributed by atoms with Gasteiger partial charge in [-0.15, -0.1) is 0 Å². The van der Waals surface area contributed by atoms with Crippen molar-refractivity contribution in [3.63, 3.8) is 0 Å². The van der Waals surface area contributed by atoms with E-state index in [-0.39, 0.29) is 17.9 Å². The van der Waals surface area contributed by atoms with Gasteiger partial charge >= 0.3 is 0 Å². The van der Waals surface area contributed by atoms with Crippen LogP contribution in [0.2, 0.25) is 0 Å². The lowest BCUT2D eigenvalue weighted by molar-refractivity contribution is -0.138. The summed E-state index contributed by atoms with van der Waals surface area (Å²) in [7, 11) is 0. The zero-order valence-corrected chi connectivity index (χ0v) is 14.1. The standard InChI is InChI=1S/C15H21BrN2O2/c1-9(2)17-13(19)15(4,5)14(20)18-12-7-6-10(3)8-11(12)16/h6-9H,1-5H3,(H,17,19)(H,18,20). The predicted molar refractivity (Wildman–Crippen MR) is 84.6 cm³/mol. The van der Waals surface area contributed by atoms with E-state index in [1.807, 2.05) is 39.0 Å². The molecule has 0 heterocycles. The van der Waals surface area contributed by atoms with Gasteiger partial charge in [0.25, 0.3) is 0 Å². The molecule has 0 aromatic heterocycles. The van der Waals surface area contributed by atoms with Crippen LogP contribution in [0.15, 0.2) is 22.7 Å². The topological polar surface area (TPSA) is 58.2 Å². The van der Waals surface area contributed by atoms with Crippen molar-refractivity contribution >= 4 is 33.4 Å². The van der Waals surface area contributed by atoms with Gasteiger partial charge in [-0.2, -0.15) is 0 Å². The van der Waals surface area contributed by atoms with Crippen molar-refractivity contribution in [2.45, 2.75) is 40.7 Å². The van der Waals surface area contributed by atoms with Gasteiger partial charge in [0.05, 0.1) is 5.69 Å². The lowest BCUT2D eigenvalue weighted by Crippen LogP contribution is -2.47. The zero-order chi connectivity index (χ0) is 15.5. The molecule has 0 saturated heterocycles.